The van der Waals surface area contributed by atoms with Crippen LogP contribution >= 0.6 is 0 Å². The number of benzene rings is 1. The summed E-state index contributed by atoms with van der Waals surface area (Å²) in [4.78, 5) is 0. The molecule has 1 saturated carbocycles. The molecule has 3 rings (SSSR count). The Hall–Kier alpha value is -1.20. The second-order valence-electron chi connectivity index (χ2n) is 7.95. The van der Waals surface area contributed by atoms with Gasteiger partial charge < -0.3 is 14.2 Å². The van der Waals surface area contributed by atoms with Gasteiger partial charge in [0.2, 0.25) is 6.86 Å². The van der Waals surface area contributed by atoms with E-state index in [9.17, 15) is 8.78 Å². The number of ether oxygens (including phenoxy) is 3. The zero-order valence-electron chi connectivity index (χ0n) is 16.3. The number of halogens is 2. The number of alkyl halides is 1. The summed E-state index contributed by atoms with van der Waals surface area (Å²) < 4.78 is 42.9. The number of hydrogen-bond acceptors (Lipinski definition) is 3. The van der Waals surface area contributed by atoms with Crippen molar-refractivity contribution in [3.8, 4) is 5.75 Å². The van der Waals surface area contributed by atoms with Crippen molar-refractivity contribution in [3.63, 3.8) is 0 Å². The van der Waals surface area contributed by atoms with Crippen molar-refractivity contribution in [2.75, 3.05) is 20.1 Å². The first kappa shape index (κ1) is 20.5. The van der Waals surface area contributed by atoms with E-state index in [4.69, 9.17) is 9.47 Å². The van der Waals surface area contributed by atoms with Crippen LogP contribution in [0.3, 0.4) is 0 Å². The normalized spacial score (nSPS) is 28.9. The maximum absolute atomic E-state index is 14.0. The third kappa shape index (κ3) is 5.64. The Balaban J connectivity index is 1.43. The summed E-state index contributed by atoms with van der Waals surface area (Å²) >= 11 is 0. The summed E-state index contributed by atoms with van der Waals surface area (Å²) in [5.74, 6) is 0.794. The molecular formula is C22H32F2O3. The molecule has 2 aliphatic rings. The summed E-state index contributed by atoms with van der Waals surface area (Å²) in [7, 11) is 0. The fourth-order valence-electron chi connectivity index (χ4n) is 4.35. The predicted octanol–water partition coefficient (Wildman–Crippen LogP) is 5.97. The highest BCUT2D eigenvalue weighted by Gasteiger charge is 2.33. The Bertz CT molecular complexity index is 565. The molecule has 0 amide bonds. The summed E-state index contributed by atoms with van der Waals surface area (Å²) in [6.07, 6.45) is 8.95. The first-order chi connectivity index (χ1) is 13.2. The molecule has 0 aromatic heterocycles. The van der Waals surface area contributed by atoms with E-state index in [0.717, 1.165) is 44.5 Å². The molecule has 0 spiro atoms. The Morgan fingerprint density at radius 2 is 1.81 bits per heavy atom. The summed E-state index contributed by atoms with van der Waals surface area (Å²) in [6, 6.07) is 4.88. The van der Waals surface area contributed by atoms with Crippen LogP contribution in [0.2, 0.25) is 0 Å². The van der Waals surface area contributed by atoms with E-state index in [-0.39, 0.29) is 12.0 Å². The second-order valence-corrected chi connectivity index (χ2v) is 7.95. The Morgan fingerprint density at radius 3 is 2.44 bits per heavy atom. The lowest BCUT2D eigenvalue weighted by Crippen LogP contribution is -2.38. The van der Waals surface area contributed by atoms with Gasteiger partial charge in [0, 0.05) is 11.8 Å². The van der Waals surface area contributed by atoms with Crippen molar-refractivity contribution in [1.29, 1.82) is 0 Å². The third-order valence-electron chi connectivity index (χ3n) is 6.00. The molecule has 152 valence electrons. The molecule has 2 fully saturated rings. The summed E-state index contributed by atoms with van der Waals surface area (Å²) in [5.41, 5.74) is 0.971. The van der Waals surface area contributed by atoms with Gasteiger partial charge in [-0.25, -0.2) is 8.78 Å². The number of hydrogen-bond donors (Lipinski definition) is 0. The van der Waals surface area contributed by atoms with Crippen LogP contribution in [0.15, 0.2) is 18.2 Å². The van der Waals surface area contributed by atoms with Gasteiger partial charge in [0.15, 0.2) is 17.9 Å². The van der Waals surface area contributed by atoms with Crippen LogP contribution < -0.4 is 4.74 Å². The van der Waals surface area contributed by atoms with E-state index < -0.39 is 12.7 Å². The fourth-order valence-corrected chi connectivity index (χ4v) is 4.35. The van der Waals surface area contributed by atoms with Crippen LogP contribution in [-0.2, 0) is 9.47 Å². The van der Waals surface area contributed by atoms with Crippen molar-refractivity contribution < 1.29 is 23.0 Å². The number of rotatable bonds is 8. The van der Waals surface area contributed by atoms with E-state index in [1.165, 1.54) is 37.8 Å². The first-order valence-corrected chi connectivity index (χ1v) is 10.4. The lowest BCUT2D eigenvalue weighted by molar-refractivity contribution is -0.229. The molecule has 5 heteroatoms. The molecule has 0 bridgehead atoms. The molecule has 27 heavy (non-hydrogen) atoms. The molecule has 1 aliphatic carbocycles. The molecule has 0 unspecified atom stereocenters. The van der Waals surface area contributed by atoms with Crippen LogP contribution in [0, 0.1) is 17.7 Å². The van der Waals surface area contributed by atoms with Gasteiger partial charge in [-0.2, -0.15) is 0 Å². The third-order valence-corrected chi connectivity index (χ3v) is 6.00. The van der Waals surface area contributed by atoms with E-state index in [0.29, 0.717) is 17.8 Å². The van der Waals surface area contributed by atoms with Gasteiger partial charge in [-0.3, -0.25) is 0 Å². The van der Waals surface area contributed by atoms with E-state index in [1.54, 1.807) is 0 Å². The highest BCUT2D eigenvalue weighted by Crippen LogP contribution is 2.39. The monoisotopic (exact) mass is 382 g/mol. The van der Waals surface area contributed by atoms with Crippen molar-refractivity contribution in [3.05, 3.63) is 29.6 Å². The van der Waals surface area contributed by atoms with Crippen molar-refractivity contribution in [2.45, 2.75) is 70.5 Å². The van der Waals surface area contributed by atoms with Crippen LogP contribution in [0.1, 0.15) is 69.8 Å². The highest BCUT2D eigenvalue weighted by atomic mass is 19.1. The van der Waals surface area contributed by atoms with Crippen LogP contribution in [0.25, 0.3) is 0 Å². The minimum Gasteiger partial charge on any atom is -0.460 e. The summed E-state index contributed by atoms with van der Waals surface area (Å²) in [6.45, 7) is 2.84. The Kier molecular flexibility index (Phi) is 7.89. The van der Waals surface area contributed by atoms with Gasteiger partial charge in [-0.1, -0.05) is 32.3 Å². The Labute approximate surface area is 161 Å². The van der Waals surface area contributed by atoms with Gasteiger partial charge in [0.25, 0.3) is 0 Å². The van der Waals surface area contributed by atoms with Gasteiger partial charge in [0.1, 0.15) is 0 Å². The molecule has 0 atom stereocenters. The molecule has 1 aromatic carbocycles. The first-order valence-electron chi connectivity index (χ1n) is 10.4. The average Bonchev–Trinajstić information content (AvgIpc) is 2.71. The lowest BCUT2D eigenvalue weighted by Gasteiger charge is -2.37. The van der Waals surface area contributed by atoms with Gasteiger partial charge >= 0.3 is 0 Å². The van der Waals surface area contributed by atoms with E-state index in [2.05, 4.69) is 11.7 Å². The number of unbranched alkanes of at least 4 members (excludes halogenated alkanes) is 2. The average molecular weight is 382 g/mol. The van der Waals surface area contributed by atoms with Gasteiger partial charge in [-0.15, -0.1) is 0 Å². The topological polar surface area (TPSA) is 27.7 Å². The second kappa shape index (κ2) is 10.4. The van der Waals surface area contributed by atoms with E-state index in [1.807, 2.05) is 6.07 Å². The molecule has 0 N–H and O–H groups in total. The molecule has 1 aliphatic heterocycles. The van der Waals surface area contributed by atoms with Crippen molar-refractivity contribution in [1.82, 2.24) is 0 Å². The molecular weight excluding hydrogens is 350 g/mol. The van der Waals surface area contributed by atoms with Gasteiger partial charge in [-0.05, 0) is 55.7 Å². The van der Waals surface area contributed by atoms with E-state index >= 15 is 0 Å². The molecule has 1 aromatic rings. The zero-order chi connectivity index (χ0) is 19.1. The SMILES string of the molecule is CCCCCC1COC(C2CCC(c3ccc(OCF)c(F)c3)CC2)OC1. The lowest BCUT2D eigenvalue weighted by atomic mass is 9.78. The van der Waals surface area contributed by atoms with Crippen molar-refractivity contribution >= 4 is 0 Å². The maximum Gasteiger partial charge on any atom is 0.228 e. The maximum atomic E-state index is 14.0. The predicted molar refractivity (Wildman–Crippen MR) is 101 cm³/mol. The van der Waals surface area contributed by atoms with Crippen LogP contribution in [-0.4, -0.2) is 26.4 Å². The van der Waals surface area contributed by atoms with Crippen LogP contribution in [0.4, 0.5) is 8.78 Å². The van der Waals surface area contributed by atoms with Crippen molar-refractivity contribution in [2.24, 2.45) is 11.8 Å². The standard InChI is InChI=1S/C22H32F2O3/c1-2-3-4-5-16-13-25-22(26-14-16)18-8-6-17(7-9-18)19-10-11-21(27-15-23)20(24)12-19/h10-12,16-18,22H,2-9,13-15H2,1H3. The quantitative estimate of drug-likeness (QED) is 0.518. The molecule has 0 radical (unpaired) electrons. The minimum absolute atomic E-state index is 0.0209. The zero-order valence-corrected chi connectivity index (χ0v) is 16.3. The molecule has 3 nitrogen and oxygen atoms in total. The van der Waals surface area contributed by atoms with Crippen LogP contribution in [0.5, 0.6) is 5.75 Å². The highest BCUT2D eigenvalue weighted by molar-refractivity contribution is 5.31. The van der Waals surface area contributed by atoms with Gasteiger partial charge in [0.05, 0.1) is 13.2 Å². The Morgan fingerprint density at radius 1 is 1.07 bits per heavy atom. The molecule has 1 heterocycles. The minimum atomic E-state index is -1.01. The summed E-state index contributed by atoms with van der Waals surface area (Å²) in [5, 5.41) is 0. The fraction of sp³-hybridized carbons (Fsp3) is 0.727. The smallest absolute Gasteiger partial charge is 0.228 e. The molecule has 1 saturated heterocycles. The largest absolute Gasteiger partial charge is 0.460 e.